The first-order chi connectivity index (χ1) is 8.65. The van der Waals surface area contributed by atoms with E-state index in [2.05, 4.69) is 0 Å². The second-order valence-electron chi connectivity index (χ2n) is 6.55. The molecule has 0 aromatic rings. The minimum Gasteiger partial charge on any atom is -0.155 e. The quantitative estimate of drug-likeness (QED) is 0.390. The van der Waals surface area contributed by atoms with Gasteiger partial charge >= 0.3 is 12.6 Å². The maximum absolute atomic E-state index is 12.8. The molecule has 1 fully saturated rings. The van der Waals surface area contributed by atoms with Gasteiger partial charge in [-0.3, -0.25) is 0 Å². The van der Waals surface area contributed by atoms with Crippen molar-refractivity contribution in [2.45, 2.75) is 65.1 Å². The average molecular weight is 303 g/mol. The zero-order valence-electron chi connectivity index (χ0n) is 11.9. The smallest absolute Gasteiger partial charge is 0.155 e. The molecule has 0 aromatic carbocycles. The van der Waals surface area contributed by atoms with Gasteiger partial charge in [0.25, 0.3) is 0 Å². The molecule has 1 nitrogen and oxygen atoms in total. The van der Waals surface area contributed by atoms with Crippen LogP contribution in [0.5, 0.6) is 0 Å². The van der Waals surface area contributed by atoms with Gasteiger partial charge in [0, 0.05) is 5.54 Å². The minimum atomic E-state index is -5.45. The van der Waals surface area contributed by atoms with Crippen LogP contribution in [0.2, 0.25) is 0 Å². The van der Waals surface area contributed by atoms with Gasteiger partial charge in [0.2, 0.25) is 0 Å². The molecule has 0 aliphatic heterocycles. The molecule has 0 amide bonds. The molecule has 0 N–H and O–H groups in total. The van der Waals surface area contributed by atoms with Crippen LogP contribution in [0.15, 0.2) is 11.6 Å². The molecular weight excluding hydrogens is 284 g/mol. The normalized spacial score (nSPS) is 17.6. The minimum absolute atomic E-state index is 0.248. The van der Waals surface area contributed by atoms with Gasteiger partial charge in [0.15, 0.2) is 0 Å². The number of hydrogen-bond donors (Lipinski definition) is 0. The number of halogens is 6. The lowest BCUT2D eigenvalue weighted by molar-refractivity contribution is -0.399. The van der Waals surface area contributed by atoms with E-state index >= 15 is 0 Å². The van der Waals surface area contributed by atoms with E-state index in [4.69, 9.17) is 0 Å². The van der Waals surface area contributed by atoms with Crippen LogP contribution in [0.4, 0.5) is 26.3 Å². The van der Waals surface area contributed by atoms with Crippen LogP contribution < -0.4 is 0 Å². The third kappa shape index (κ3) is 4.68. The first-order valence-electron chi connectivity index (χ1n) is 6.30. The fourth-order valence-electron chi connectivity index (χ4n) is 2.84. The molecule has 0 saturated heterocycles. The molecule has 0 aromatic heterocycles. The zero-order chi connectivity index (χ0) is 16.0. The molecule has 0 unspecified atom stereocenters. The molecule has 0 atom stereocenters. The molecule has 1 aliphatic rings. The van der Waals surface area contributed by atoms with E-state index in [-0.39, 0.29) is 6.42 Å². The molecule has 0 radical (unpaired) electrons. The van der Waals surface area contributed by atoms with Gasteiger partial charge in [0.05, 0.1) is 0 Å². The van der Waals surface area contributed by atoms with Crippen molar-refractivity contribution >= 4 is 0 Å². The summed E-state index contributed by atoms with van der Waals surface area (Å²) in [5.41, 5.74) is -1.70. The maximum atomic E-state index is 12.8. The number of alkyl halides is 6. The SMILES string of the molecule is CC(C)(C=C1CC1)CC(C)(C)N(C(F)(F)F)C(F)(F)F. The lowest BCUT2D eigenvalue weighted by Gasteiger charge is -2.43. The van der Waals surface area contributed by atoms with Crippen molar-refractivity contribution in [3.63, 3.8) is 0 Å². The zero-order valence-corrected chi connectivity index (χ0v) is 11.9. The summed E-state index contributed by atoms with van der Waals surface area (Å²) in [5, 5.41) is 0. The van der Waals surface area contributed by atoms with Crippen molar-refractivity contribution in [2.24, 2.45) is 5.41 Å². The van der Waals surface area contributed by atoms with Crippen molar-refractivity contribution in [2.75, 3.05) is 0 Å². The van der Waals surface area contributed by atoms with Crippen LogP contribution in [-0.2, 0) is 0 Å². The Morgan fingerprint density at radius 3 is 1.60 bits per heavy atom. The van der Waals surface area contributed by atoms with Gasteiger partial charge in [0.1, 0.15) is 0 Å². The second-order valence-corrected chi connectivity index (χ2v) is 6.55. The van der Waals surface area contributed by atoms with Crippen molar-refractivity contribution < 1.29 is 26.3 Å². The van der Waals surface area contributed by atoms with Gasteiger partial charge in [-0.05, 0) is 38.5 Å². The van der Waals surface area contributed by atoms with E-state index in [0.29, 0.717) is 0 Å². The Morgan fingerprint density at radius 2 is 1.30 bits per heavy atom. The molecule has 20 heavy (non-hydrogen) atoms. The Labute approximate surface area is 114 Å². The van der Waals surface area contributed by atoms with Gasteiger partial charge in [-0.1, -0.05) is 25.5 Å². The Hall–Kier alpha value is -0.720. The van der Waals surface area contributed by atoms with E-state index in [1.165, 1.54) is 0 Å². The highest BCUT2D eigenvalue weighted by Gasteiger charge is 2.60. The predicted molar refractivity (Wildman–Crippen MR) is 63.7 cm³/mol. The Bertz CT molecular complexity index is 369. The number of hydrogen-bond acceptors (Lipinski definition) is 1. The van der Waals surface area contributed by atoms with Gasteiger partial charge in [-0.2, -0.15) is 26.3 Å². The monoisotopic (exact) mass is 303 g/mol. The van der Waals surface area contributed by atoms with E-state index in [0.717, 1.165) is 32.3 Å². The van der Waals surface area contributed by atoms with Crippen LogP contribution >= 0.6 is 0 Å². The summed E-state index contributed by atoms with van der Waals surface area (Å²) in [4.78, 5) is -1.31. The molecule has 1 rings (SSSR count). The highest BCUT2D eigenvalue weighted by Crippen LogP contribution is 2.45. The van der Waals surface area contributed by atoms with Crippen LogP contribution in [0.3, 0.4) is 0 Å². The van der Waals surface area contributed by atoms with E-state index < -0.39 is 28.5 Å². The summed E-state index contributed by atoms with van der Waals surface area (Å²) < 4.78 is 76.5. The molecule has 1 saturated carbocycles. The van der Waals surface area contributed by atoms with Gasteiger partial charge in [-0.25, -0.2) is 0 Å². The van der Waals surface area contributed by atoms with Gasteiger partial charge < -0.3 is 0 Å². The third-order valence-corrected chi connectivity index (χ3v) is 3.13. The molecule has 1 aliphatic carbocycles. The fourth-order valence-corrected chi connectivity index (χ4v) is 2.84. The van der Waals surface area contributed by atoms with E-state index in [9.17, 15) is 26.3 Å². The molecule has 118 valence electrons. The molecule has 0 spiro atoms. The van der Waals surface area contributed by atoms with Crippen LogP contribution in [-0.4, -0.2) is 23.0 Å². The molecule has 0 bridgehead atoms. The highest BCUT2D eigenvalue weighted by atomic mass is 19.4. The van der Waals surface area contributed by atoms with Crippen LogP contribution in [0, 0.1) is 5.41 Å². The topological polar surface area (TPSA) is 3.24 Å². The first-order valence-corrected chi connectivity index (χ1v) is 6.30. The van der Waals surface area contributed by atoms with Crippen molar-refractivity contribution in [3.05, 3.63) is 11.6 Å². The third-order valence-electron chi connectivity index (χ3n) is 3.13. The van der Waals surface area contributed by atoms with Crippen molar-refractivity contribution in [1.82, 2.24) is 4.90 Å². The largest absolute Gasteiger partial charge is 0.467 e. The maximum Gasteiger partial charge on any atom is 0.467 e. The van der Waals surface area contributed by atoms with Crippen molar-refractivity contribution in [1.29, 1.82) is 0 Å². The summed E-state index contributed by atoms with van der Waals surface area (Å²) in [6.45, 7) is 5.26. The molecular formula is C13H19F6N. The highest BCUT2D eigenvalue weighted by molar-refractivity contribution is 5.20. The summed E-state index contributed by atoms with van der Waals surface area (Å²) in [5.74, 6) is 0. The molecule has 7 heteroatoms. The fraction of sp³-hybridized carbons (Fsp3) is 0.846. The Balaban J connectivity index is 3.02. The van der Waals surface area contributed by atoms with E-state index in [1.807, 2.05) is 0 Å². The molecule has 0 heterocycles. The number of rotatable bonds is 4. The van der Waals surface area contributed by atoms with E-state index in [1.54, 1.807) is 19.9 Å². The van der Waals surface area contributed by atoms with Crippen LogP contribution in [0.1, 0.15) is 47.0 Å². The number of nitrogens with zero attached hydrogens (tertiary/aromatic N) is 1. The Morgan fingerprint density at radius 1 is 0.900 bits per heavy atom. The number of allylic oxidation sites excluding steroid dienone is 2. The summed E-state index contributed by atoms with van der Waals surface area (Å²) in [6, 6.07) is 0. The summed E-state index contributed by atoms with van der Waals surface area (Å²) in [7, 11) is 0. The lowest BCUT2D eigenvalue weighted by Crippen LogP contribution is -2.60. The van der Waals surface area contributed by atoms with Gasteiger partial charge in [-0.15, -0.1) is 4.90 Å². The summed E-state index contributed by atoms with van der Waals surface area (Å²) >= 11 is 0. The van der Waals surface area contributed by atoms with Crippen molar-refractivity contribution in [3.8, 4) is 0 Å². The van der Waals surface area contributed by atoms with Crippen LogP contribution in [0.25, 0.3) is 0 Å². The lowest BCUT2D eigenvalue weighted by atomic mass is 9.79. The summed E-state index contributed by atoms with van der Waals surface area (Å²) in [6.07, 6.45) is -7.60. The average Bonchev–Trinajstić information content (AvgIpc) is 2.75. The standard InChI is InChI=1S/C13H19F6N/c1-10(2,7-9-5-6-9)8-11(3,4)20(12(14,15)16)13(17,18)19/h7H,5-6,8H2,1-4H3. The first kappa shape index (κ1) is 17.3. The predicted octanol–water partition coefficient (Wildman–Crippen LogP) is 5.24. The Kier molecular flexibility index (Phi) is 4.27. The second kappa shape index (κ2) is 4.93.